The van der Waals surface area contributed by atoms with Gasteiger partial charge >= 0.3 is 0 Å². The molecule has 4 rings (SSSR count). The molecule has 0 amide bonds. The number of rotatable bonds is 1. The van der Waals surface area contributed by atoms with Crippen LogP contribution < -0.4 is 16.4 Å². The van der Waals surface area contributed by atoms with Crippen molar-refractivity contribution in [3.8, 4) is 0 Å². The van der Waals surface area contributed by atoms with Gasteiger partial charge in [0.1, 0.15) is 5.66 Å². The summed E-state index contributed by atoms with van der Waals surface area (Å²) < 4.78 is 15.0. The quantitative estimate of drug-likeness (QED) is 0.745. The third-order valence-electron chi connectivity index (χ3n) is 4.63. The lowest BCUT2D eigenvalue weighted by Crippen LogP contribution is -2.58. The first-order valence-corrected chi connectivity index (χ1v) is 7.72. The minimum Gasteiger partial charge on any atom is -0.369 e. The van der Waals surface area contributed by atoms with Crippen LogP contribution in [-0.4, -0.2) is 27.8 Å². The number of anilines is 1. The molecule has 1 saturated carbocycles. The van der Waals surface area contributed by atoms with E-state index in [4.69, 9.17) is 11.5 Å². The second-order valence-corrected chi connectivity index (χ2v) is 6.05. The van der Waals surface area contributed by atoms with Crippen LogP contribution in [0.3, 0.4) is 0 Å². The molecule has 7 nitrogen and oxygen atoms in total. The molecule has 1 aromatic carbocycles. The standard InChI is InChI=1S/C15H18FN7/c16-12-9-8-19-22-10(9)4-5-11(12)23-14(18)20-13(17)21-15(23)6-2-1-3-7-15/h4-5,8H,1-3,6-7H2,(H,19,22)(H4,17,18,20,21). The van der Waals surface area contributed by atoms with Crippen LogP contribution in [0, 0.1) is 5.82 Å². The number of halogens is 1. The number of nitrogens with one attached hydrogen (secondary N) is 1. The fraction of sp³-hybridized carbons (Fsp3) is 0.400. The number of aromatic amines is 1. The highest BCUT2D eigenvalue weighted by Gasteiger charge is 2.43. The molecular weight excluding hydrogens is 297 g/mol. The predicted molar refractivity (Wildman–Crippen MR) is 87.6 cm³/mol. The molecule has 120 valence electrons. The fourth-order valence-corrected chi connectivity index (χ4v) is 3.61. The molecule has 2 heterocycles. The summed E-state index contributed by atoms with van der Waals surface area (Å²) in [5, 5.41) is 7.07. The molecule has 0 saturated heterocycles. The second kappa shape index (κ2) is 4.94. The Morgan fingerprint density at radius 2 is 1.96 bits per heavy atom. The zero-order valence-corrected chi connectivity index (χ0v) is 12.6. The molecule has 2 aliphatic rings. The van der Waals surface area contributed by atoms with Crippen molar-refractivity contribution >= 4 is 28.5 Å². The number of aromatic nitrogens is 2. The third-order valence-corrected chi connectivity index (χ3v) is 4.63. The van der Waals surface area contributed by atoms with Gasteiger partial charge in [0.25, 0.3) is 0 Å². The molecule has 5 N–H and O–H groups in total. The molecular formula is C15H18FN7. The van der Waals surface area contributed by atoms with Crippen molar-refractivity contribution in [1.82, 2.24) is 10.2 Å². The van der Waals surface area contributed by atoms with Gasteiger partial charge in [-0.2, -0.15) is 10.1 Å². The van der Waals surface area contributed by atoms with Gasteiger partial charge in [-0.05, 0) is 37.8 Å². The molecule has 1 fully saturated rings. The molecule has 1 aliphatic heterocycles. The van der Waals surface area contributed by atoms with Gasteiger partial charge in [-0.15, -0.1) is 0 Å². The number of nitrogens with two attached hydrogens (primary N) is 2. The molecule has 1 spiro atoms. The molecule has 2 aromatic rings. The Bertz CT molecular complexity index is 816. The highest BCUT2D eigenvalue weighted by atomic mass is 19.1. The molecule has 1 aromatic heterocycles. The second-order valence-electron chi connectivity index (χ2n) is 6.05. The van der Waals surface area contributed by atoms with Gasteiger partial charge in [-0.1, -0.05) is 6.42 Å². The van der Waals surface area contributed by atoms with Crippen LogP contribution in [-0.2, 0) is 0 Å². The third kappa shape index (κ3) is 2.05. The van der Waals surface area contributed by atoms with Gasteiger partial charge in [0, 0.05) is 0 Å². The summed E-state index contributed by atoms with van der Waals surface area (Å²) in [7, 11) is 0. The summed E-state index contributed by atoms with van der Waals surface area (Å²) in [6.45, 7) is 0. The first-order chi connectivity index (χ1) is 11.1. The van der Waals surface area contributed by atoms with Crippen LogP contribution in [0.25, 0.3) is 10.9 Å². The van der Waals surface area contributed by atoms with E-state index < -0.39 is 5.66 Å². The average Bonchev–Trinajstić information content (AvgIpc) is 2.99. The van der Waals surface area contributed by atoms with Crippen LogP contribution >= 0.6 is 0 Å². The number of guanidine groups is 2. The lowest BCUT2D eigenvalue weighted by atomic mass is 9.87. The summed E-state index contributed by atoms with van der Waals surface area (Å²) in [5.41, 5.74) is 12.3. The maximum atomic E-state index is 15.0. The van der Waals surface area contributed by atoms with Gasteiger partial charge in [0.15, 0.2) is 5.82 Å². The van der Waals surface area contributed by atoms with Gasteiger partial charge in [-0.25, -0.2) is 9.38 Å². The normalized spacial score (nSPS) is 20.7. The average molecular weight is 315 g/mol. The maximum Gasteiger partial charge on any atom is 0.220 e. The van der Waals surface area contributed by atoms with Crippen molar-refractivity contribution in [1.29, 1.82) is 0 Å². The first-order valence-electron chi connectivity index (χ1n) is 7.72. The van der Waals surface area contributed by atoms with Crippen molar-refractivity contribution < 1.29 is 4.39 Å². The predicted octanol–water partition coefficient (Wildman–Crippen LogP) is 1.81. The van der Waals surface area contributed by atoms with Gasteiger partial charge in [0.05, 0.1) is 22.8 Å². The van der Waals surface area contributed by atoms with Crippen LogP contribution in [0.15, 0.2) is 28.3 Å². The van der Waals surface area contributed by atoms with Crippen molar-refractivity contribution in [3.05, 3.63) is 24.1 Å². The van der Waals surface area contributed by atoms with E-state index in [2.05, 4.69) is 20.2 Å². The lowest BCUT2D eigenvalue weighted by molar-refractivity contribution is 0.304. The van der Waals surface area contributed by atoms with E-state index >= 15 is 4.39 Å². The smallest absolute Gasteiger partial charge is 0.220 e. The van der Waals surface area contributed by atoms with E-state index in [0.717, 1.165) is 32.1 Å². The van der Waals surface area contributed by atoms with Crippen molar-refractivity contribution in [2.45, 2.75) is 37.8 Å². The number of aliphatic imine (C=N–C) groups is 2. The fourth-order valence-electron chi connectivity index (χ4n) is 3.61. The molecule has 23 heavy (non-hydrogen) atoms. The van der Waals surface area contributed by atoms with E-state index in [1.54, 1.807) is 17.0 Å². The van der Waals surface area contributed by atoms with Crippen LogP contribution in [0.2, 0.25) is 0 Å². The zero-order chi connectivity index (χ0) is 16.0. The summed E-state index contributed by atoms with van der Waals surface area (Å²) >= 11 is 0. The number of fused-ring (bicyclic) bond motifs is 1. The summed E-state index contributed by atoms with van der Waals surface area (Å²) in [5.74, 6) is -0.0402. The molecule has 0 bridgehead atoms. The monoisotopic (exact) mass is 315 g/mol. The van der Waals surface area contributed by atoms with Gasteiger partial charge in [0.2, 0.25) is 11.9 Å². The number of hydrogen-bond acceptors (Lipinski definition) is 6. The number of benzene rings is 1. The van der Waals surface area contributed by atoms with Crippen molar-refractivity contribution in [2.24, 2.45) is 21.5 Å². The van der Waals surface area contributed by atoms with Crippen molar-refractivity contribution in [3.63, 3.8) is 0 Å². The Balaban J connectivity index is 1.89. The Hall–Kier alpha value is -2.64. The highest BCUT2D eigenvalue weighted by molar-refractivity contribution is 6.06. The van der Waals surface area contributed by atoms with E-state index in [1.807, 2.05) is 0 Å². The molecule has 8 heteroatoms. The highest BCUT2D eigenvalue weighted by Crippen LogP contribution is 2.41. The Labute approximate surface area is 132 Å². The maximum absolute atomic E-state index is 15.0. The van der Waals surface area contributed by atoms with Gasteiger partial charge < -0.3 is 11.5 Å². The van der Waals surface area contributed by atoms with E-state index in [1.165, 1.54) is 6.20 Å². The Morgan fingerprint density at radius 3 is 2.74 bits per heavy atom. The van der Waals surface area contributed by atoms with E-state index in [0.29, 0.717) is 16.6 Å². The number of H-pyrrole nitrogens is 1. The molecule has 0 radical (unpaired) electrons. The minimum atomic E-state index is -0.646. The molecule has 0 unspecified atom stereocenters. The number of hydrogen-bond donors (Lipinski definition) is 3. The largest absolute Gasteiger partial charge is 0.369 e. The molecule has 1 aliphatic carbocycles. The zero-order valence-electron chi connectivity index (χ0n) is 12.6. The van der Waals surface area contributed by atoms with Crippen LogP contribution in [0.1, 0.15) is 32.1 Å². The first kappa shape index (κ1) is 14.0. The SMILES string of the molecule is NC1=NC2(CCCCC2)N(c2ccc3[nH]ncc3c2F)C(N)=N1. The lowest BCUT2D eigenvalue weighted by Gasteiger charge is -2.45. The Kier molecular flexibility index (Phi) is 3.00. The summed E-state index contributed by atoms with van der Waals surface area (Å²) in [6.07, 6.45) is 6.13. The van der Waals surface area contributed by atoms with Gasteiger partial charge in [-0.3, -0.25) is 10.00 Å². The van der Waals surface area contributed by atoms with E-state index in [9.17, 15) is 0 Å². The van der Waals surface area contributed by atoms with Crippen LogP contribution in [0.5, 0.6) is 0 Å². The summed E-state index contributed by atoms with van der Waals surface area (Å²) in [4.78, 5) is 10.3. The summed E-state index contributed by atoms with van der Waals surface area (Å²) in [6, 6.07) is 3.47. The van der Waals surface area contributed by atoms with Crippen molar-refractivity contribution in [2.75, 3.05) is 4.90 Å². The van der Waals surface area contributed by atoms with Crippen LogP contribution in [0.4, 0.5) is 10.1 Å². The topological polar surface area (TPSA) is 109 Å². The Morgan fingerprint density at radius 1 is 1.17 bits per heavy atom. The number of nitrogens with zero attached hydrogens (tertiary/aromatic N) is 4. The van der Waals surface area contributed by atoms with E-state index in [-0.39, 0.29) is 17.7 Å². The minimum absolute atomic E-state index is 0.158. The molecule has 0 atom stereocenters.